The highest BCUT2D eigenvalue weighted by Gasteiger charge is 2.63. The first-order valence-corrected chi connectivity index (χ1v) is 10.7. The Hall–Kier alpha value is -3.40. The molecule has 10 nitrogen and oxygen atoms in total. The van der Waals surface area contributed by atoms with Gasteiger partial charge < -0.3 is 23.7 Å². The lowest BCUT2D eigenvalue weighted by atomic mass is 9.88. The maximum absolute atomic E-state index is 13.2. The third-order valence-electron chi connectivity index (χ3n) is 4.88. The molecule has 1 aliphatic rings. The first-order valence-electron chi connectivity index (χ1n) is 10.7. The van der Waals surface area contributed by atoms with Gasteiger partial charge in [-0.1, -0.05) is 12.1 Å². The number of hydrogen-bond acceptors (Lipinski definition) is 10. The van der Waals surface area contributed by atoms with Crippen LogP contribution in [-0.4, -0.2) is 63.0 Å². The molecule has 0 spiro atoms. The Kier molecular flexibility index (Phi) is 8.98. The zero-order valence-electron chi connectivity index (χ0n) is 19.4. The number of carbonyl (C=O) groups is 4. The van der Waals surface area contributed by atoms with Crippen LogP contribution >= 0.6 is 0 Å². The second-order valence-corrected chi connectivity index (χ2v) is 6.77. The van der Waals surface area contributed by atoms with Gasteiger partial charge in [-0.2, -0.15) is 0 Å². The van der Waals surface area contributed by atoms with Gasteiger partial charge in [-0.3, -0.25) is 5.32 Å². The van der Waals surface area contributed by atoms with Crippen molar-refractivity contribution in [3.05, 3.63) is 41.0 Å². The maximum Gasteiger partial charge on any atom is 0.343 e. The SMILES string of the molecule is CCOC(=O)C1=C(C(=O)OCC)C(C(=O)OCC)(C(=O)OCC)NC1c1ccc(OC)cc1. The van der Waals surface area contributed by atoms with Crippen molar-refractivity contribution in [1.29, 1.82) is 0 Å². The molecule has 1 aliphatic heterocycles. The molecule has 2 rings (SSSR count). The predicted octanol–water partition coefficient (Wildman–Crippen LogP) is 1.63. The molecule has 33 heavy (non-hydrogen) atoms. The maximum atomic E-state index is 13.2. The topological polar surface area (TPSA) is 126 Å². The number of ether oxygens (including phenoxy) is 5. The van der Waals surface area contributed by atoms with E-state index in [1.807, 2.05) is 0 Å². The Bertz CT molecular complexity index is 902. The Labute approximate surface area is 192 Å². The predicted molar refractivity (Wildman–Crippen MR) is 115 cm³/mol. The zero-order valence-corrected chi connectivity index (χ0v) is 19.4. The molecule has 1 aromatic carbocycles. The summed E-state index contributed by atoms with van der Waals surface area (Å²) in [4.78, 5) is 52.6. The van der Waals surface area contributed by atoms with Gasteiger partial charge in [-0.25, -0.2) is 19.2 Å². The van der Waals surface area contributed by atoms with Crippen LogP contribution in [0.25, 0.3) is 0 Å². The lowest BCUT2D eigenvalue weighted by Crippen LogP contribution is -2.60. The Morgan fingerprint density at radius 2 is 1.27 bits per heavy atom. The molecule has 0 aliphatic carbocycles. The van der Waals surface area contributed by atoms with Crippen molar-refractivity contribution >= 4 is 23.9 Å². The van der Waals surface area contributed by atoms with Crippen LogP contribution in [0.1, 0.15) is 39.3 Å². The molecule has 180 valence electrons. The normalized spacial score (nSPS) is 16.7. The van der Waals surface area contributed by atoms with Crippen molar-refractivity contribution in [1.82, 2.24) is 5.32 Å². The van der Waals surface area contributed by atoms with Crippen molar-refractivity contribution in [3.8, 4) is 5.75 Å². The highest BCUT2D eigenvalue weighted by Crippen LogP contribution is 2.42. The van der Waals surface area contributed by atoms with Crippen LogP contribution in [0.2, 0.25) is 0 Å². The molecular weight excluding hydrogens is 434 g/mol. The second kappa shape index (κ2) is 11.5. The summed E-state index contributed by atoms with van der Waals surface area (Å²) in [7, 11) is 1.50. The molecule has 1 unspecified atom stereocenters. The highest BCUT2D eigenvalue weighted by molar-refractivity contribution is 6.20. The lowest BCUT2D eigenvalue weighted by molar-refractivity contribution is -0.165. The minimum Gasteiger partial charge on any atom is -0.497 e. The van der Waals surface area contributed by atoms with Gasteiger partial charge in [-0.05, 0) is 45.4 Å². The number of esters is 4. The summed E-state index contributed by atoms with van der Waals surface area (Å²) in [5.41, 5.74) is -2.71. The average Bonchev–Trinajstić information content (AvgIpc) is 3.17. The number of methoxy groups -OCH3 is 1. The summed E-state index contributed by atoms with van der Waals surface area (Å²) in [6.07, 6.45) is 0. The van der Waals surface area contributed by atoms with E-state index in [1.165, 1.54) is 7.11 Å². The van der Waals surface area contributed by atoms with Crippen molar-refractivity contribution in [2.75, 3.05) is 33.5 Å². The van der Waals surface area contributed by atoms with Gasteiger partial charge in [0.2, 0.25) is 5.54 Å². The average molecular weight is 463 g/mol. The van der Waals surface area contributed by atoms with Gasteiger partial charge in [0.1, 0.15) is 5.75 Å². The fourth-order valence-corrected chi connectivity index (χ4v) is 3.53. The van der Waals surface area contributed by atoms with Gasteiger partial charge in [0, 0.05) is 0 Å². The van der Waals surface area contributed by atoms with E-state index in [0.29, 0.717) is 11.3 Å². The zero-order chi connectivity index (χ0) is 24.6. The van der Waals surface area contributed by atoms with Crippen molar-refractivity contribution in [2.24, 2.45) is 0 Å². The fraction of sp³-hybridized carbons (Fsp3) is 0.478. The van der Waals surface area contributed by atoms with Gasteiger partial charge in [-0.15, -0.1) is 0 Å². The largest absolute Gasteiger partial charge is 0.497 e. The van der Waals surface area contributed by atoms with Crippen LogP contribution < -0.4 is 10.1 Å². The minimum absolute atomic E-state index is 0.000413. The quantitative estimate of drug-likeness (QED) is 0.311. The summed E-state index contributed by atoms with van der Waals surface area (Å²) >= 11 is 0. The van der Waals surface area contributed by atoms with Gasteiger partial charge in [0.15, 0.2) is 0 Å². The Morgan fingerprint density at radius 3 is 1.73 bits per heavy atom. The summed E-state index contributed by atoms with van der Waals surface area (Å²) in [5, 5.41) is 2.84. The van der Waals surface area contributed by atoms with Gasteiger partial charge >= 0.3 is 23.9 Å². The van der Waals surface area contributed by atoms with Crippen LogP contribution in [-0.2, 0) is 38.1 Å². The molecular formula is C23H29NO9. The van der Waals surface area contributed by atoms with Crippen LogP contribution in [0.5, 0.6) is 5.75 Å². The monoisotopic (exact) mass is 463 g/mol. The van der Waals surface area contributed by atoms with E-state index in [0.717, 1.165) is 0 Å². The van der Waals surface area contributed by atoms with E-state index in [9.17, 15) is 19.2 Å². The molecule has 0 saturated heterocycles. The second-order valence-electron chi connectivity index (χ2n) is 6.77. The third-order valence-corrected chi connectivity index (χ3v) is 4.88. The van der Waals surface area contributed by atoms with Crippen molar-refractivity contribution in [2.45, 2.75) is 39.3 Å². The van der Waals surface area contributed by atoms with Crippen LogP contribution in [0.3, 0.4) is 0 Å². The van der Waals surface area contributed by atoms with E-state index in [2.05, 4.69) is 5.32 Å². The molecule has 0 radical (unpaired) electrons. The standard InChI is InChI=1S/C23H29NO9/c1-6-30-19(25)16-17(20(26)31-7-2)23(21(27)32-8-3,22(28)33-9-4)24-18(16)14-10-12-15(29-5)13-11-14/h10-13,18,24H,6-9H2,1-5H3. The molecule has 0 fully saturated rings. The minimum atomic E-state index is -2.43. The van der Waals surface area contributed by atoms with E-state index in [4.69, 9.17) is 23.7 Å². The van der Waals surface area contributed by atoms with E-state index >= 15 is 0 Å². The summed E-state index contributed by atoms with van der Waals surface area (Å²) in [6.45, 7) is 6.02. The van der Waals surface area contributed by atoms with E-state index < -0.39 is 41.0 Å². The molecule has 1 heterocycles. The third kappa shape index (κ3) is 5.00. The number of rotatable bonds is 10. The van der Waals surface area contributed by atoms with Crippen LogP contribution in [0, 0.1) is 0 Å². The Morgan fingerprint density at radius 1 is 0.788 bits per heavy atom. The molecule has 0 bridgehead atoms. The number of benzene rings is 1. The van der Waals surface area contributed by atoms with Crippen molar-refractivity contribution < 1.29 is 42.9 Å². The highest BCUT2D eigenvalue weighted by atomic mass is 16.6. The van der Waals surface area contributed by atoms with Crippen LogP contribution in [0.4, 0.5) is 0 Å². The molecule has 0 saturated carbocycles. The smallest absolute Gasteiger partial charge is 0.343 e. The molecule has 0 amide bonds. The van der Waals surface area contributed by atoms with Crippen molar-refractivity contribution in [3.63, 3.8) is 0 Å². The van der Waals surface area contributed by atoms with Gasteiger partial charge in [0.25, 0.3) is 0 Å². The molecule has 1 aromatic rings. The van der Waals surface area contributed by atoms with E-state index in [1.54, 1.807) is 52.0 Å². The number of carbonyl (C=O) groups excluding carboxylic acids is 4. The fourth-order valence-electron chi connectivity index (χ4n) is 3.53. The molecule has 10 heteroatoms. The Balaban J connectivity index is 2.86. The molecule has 1 atom stereocenters. The first kappa shape index (κ1) is 25.9. The summed E-state index contributed by atoms with van der Waals surface area (Å²) in [5.74, 6) is -3.56. The van der Waals surface area contributed by atoms with Crippen LogP contribution in [0.15, 0.2) is 35.4 Å². The van der Waals surface area contributed by atoms with Gasteiger partial charge in [0.05, 0.1) is 50.7 Å². The summed E-state index contributed by atoms with van der Waals surface area (Å²) in [6, 6.07) is 5.45. The molecule has 0 aromatic heterocycles. The molecule has 1 N–H and O–H groups in total. The summed E-state index contributed by atoms with van der Waals surface area (Å²) < 4.78 is 25.8. The number of hydrogen-bond donors (Lipinski definition) is 1. The first-order chi connectivity index (χ1) is 15.8. The lowest BCUT2D eigenvalue weighted by Gasteiger charge is -2.28. The number of nitrogens with one attached hydrogen (secondary N) is 1. The van der Waals surface area contributed by atoms with E-state index in [-0.39, 0.29) is 32.0 Å².